The first-order chi connectivity index (χ1) is 7.63. The summed E-state index contributed by atoms with van der Waals surface area (Å²) in [5, 5.41) is 11.1. The average Bonchev–Trinajstić information content (AvgIpc) is 2.23. The second kappa shape index (κ2) is 5.53. The SMILES string of the molecule is O=C/C=C\[C@]1([N+](=O)[O-])CCCCCCC1=O. The van der Waals surface area contributed by atoms with Crippen LogP contribution in [0.1, 0.15) is 38.5 Å². The lowest BCUT2D eigenvalue weighted by atomic mass is 9.83. The summed E-state index contributed by atoms with van der Waals surface area (Å²) in [6, 6.07) is 0. The number of nitrogens with zero attached hydrogens (tertiary/aromatic N) is 1. The minimum atomic E-state index is -1.67. The molecule has 0 saturated heterocycles. The maximum atomic E-state index is 11.8. The normalized spacial score (nSPS) is 27.4. The van der Waals surface area contributed by atoms with E-state index in [1.165, 1.54) is 0 Å². The molecular weight excluding hydrogens is 210 g/mol. The Balaban J connectivity index is 3.01. The molecule has 0 radical (unpaired) electrons. The van der Waals surface area contributed by atoms with Crippen molar-refractivity contribution in [2.24, 2.45) is 0 Å². The van der Waals surface area contributed by atoms with Crippen molar-refractivity contribution < 1.29 is 14.5 Å². The van der Waals surface area contributed by atoms with Crippen molar-refractivity contribution in [1.82, 2.24) is 0 Å². The van der Waals surface area contributed by atoms with Crippen LogP contribution in [0.5, 0.6) is 0 Å². The second-order valence-corrected chi connectivity index (χ2v) is 4.01. The highest BCUT2D eigenvalue weighted by atomic mass is 16.6. The van der Waals surface area contributed by atoms with Crippen LogP contribution in [0.15, 0.2) is 12.2 Å². The average molecular weight is 225 g/mol. The van der Waals surface area contributed by atoms with Gasteiger partial charge in [0.05, 0.1) is 0 Å². The highest BCUT2D eigenvalue weighted by Crippen LogP contribution is 2.27. The number of hydrogen-bond acceptors (Lipinski definition) is 4. The van der Waals surface area contributed by atoms with Gasteiger partial charge in [0.15, 0.2) is 0 Å². The van der Waals surface area contributed by atoms with Gasteiger partial charge in [0.1, 0.15) is 6.29 Å². The lowest BCUT2D eigenvalue weighted by Gasteiger charge is -2.22. The van der Waals surface area contributed by atoms with E-state index in [0.29, 0.717) is 19.1 Å². The zero-order chi connectivity index (χ0) is 12.0. The number of Topliss-reactive ketones (excluding diaryl/α,β-unsaturated/α-hetero) is 1. The molecule has 5 nitrogen and oxygen atoms in total. The van der Waals surface area contributed by atoms with E-state index >= 15 is 0 Å². The van der Waals surface area contributed by atoms with Gasteiger partial charge in [-0.1, -0.05) is 12.8 Å². The second-order valence-electron chi connectivity index (χ2n) is 4.01. The zero-order valence-electron chi connectivity index (χ0n) is 9.05. The van der Waals surface area contributed by atoms with Crippen LogP contribution in [0.25, 0.3) is 0 Å². The van der Waals surface area contributed by atoms with Crippen LogP contribution in [0.3, 0.4) is 0 Å². The number of aldehydes is 1. The number of allylic oxidation sites excluding steroid dienone is 1. The van der Waals surface area contributed by atoms with Gasteiger partial charge >= 0.3 is 0 Å². The topological polar surface area (TPSA) is 77.3 Å². The molecule has 0 aromatic rings. The molecule has 0 heterocycles. The Morgan fingerprint density at radius 1 is 1.25 bits per heavy atom. The lowest BCUT2D eigenvalue weighted by molar-refractivity contribution is -0.539. The highest BCUT2D eigenvalue weighted by molar-refractivity contribution is 5.90. The van der Waals surface area contributed by atoms with Gasteiger partial charge in [-0.3, -0.25) is 19.7 Å². The first-order valence-electron chi connectivity index (χ1n) is 5.44. The van der Waals surface area contributed by atoms with Crippen molar-refractivity contribution in [3.63, 3.8) is 0 Å². The van der Waals surface area contributed by atoms with E-state index in [1.807, 2.05) is 0 Å². The molecule has 0 N–H and O–H groups in total. The van der Waals surface area contributed by atoms with Crippen molar-refractivity contribution >= 4 is 12.1 Å². The Labute approximate surface area is 93.7 Å². The Bertz CT molecular complexity index is 324. The fourth-order valence-electron chi connectivity index (χ4n) is 2.02. The van der Waals surface area contributed by atoms with E-state index in [0.717, 1.165) is 25.0 Å². The number of carbonyl (C=O) groups is 2. The summed E-state index contributed by atoms with van der Waals surface area (Å²) in [5.74, 6) is -0.379. The van der Waals surface area contributed by atoms with Crippen LogP contribution in [-0.4, -0.2) is 22.5 Å². The number of ketones is 1. The van der Waals surface area contributed by atoms with E-state index in [-0.39, 0.29) is 18.6 Å². The fraction of sp³-hybridized carbons (Fsp3) is 0.636. The third-order valence-corrected chi connectivity index (χ3v) is 2.97. The number of rotatable bonds is 3. The minimum Gasteiger partial charge on any atom is -0.299 e. The molecular formula is C11H15NO4. The summed E-state index contributed by atoms with van der Waals surface area (Å²) in [6.07, 6.45) is 6.29. The maximum Gasteiger partial charge on any atom is 0.297 e. The third-order valence-electron chi connectivity index (χ3n) is 2.97. The number of nitro groups is 1. The van der Waals surface area contributed by atoms with Crippen LogP contribution < -0.4 is 0 Å². The summed E-state index contributed by atoms with van der Waals surface area (Å²) in [7, 11) is 0. The van der Waals surface area contributed by atoms with Crippen molar-refractivity contribution in [1.29, 1.82) is 0 Å². The predicted molar refractivity (Wildman–Crippen MR) is 57.6 cm³/mol. The highest BCUT2D eigenvalue weighted by Gasteiger charge is 2.47. The van der Waals surface area contributed by atoms with E-state index in [2.05, 4.69) is 0 Å². The Hall–Kier alpha value is -1.52. The molecule has 0 unspecified atom stereocenters. The maximum absolute atomic E-state index is 11.8. The predicted octanol–water partition coefficient (Wildman–Crippen LogP) is 1.68. The summed E-state index contributed by atoms with van der Waals surface area (Å²) < 4.78 is 0. The quantitative estimate of drug-likeness (QED) is 0.317. The molecule has 0 aliphatic heterocycles. The van der Waals surface area contributed by atoms with Gasteiger partial charge in [-0.15, -0.1) is 0 Å². The largest absolute Gasteiger partial charge is 0.299 e. The Morgan fingerprint density at radius 3 is 2.56 bits per heavy atom. The van der Waals surface area contributed by atoms with E-state index in [4.69, 9.17) is 0 Å². The molecule has 5 heteroatoms. The van der Waals surface area contributed by atoms with Gasteiger partial charge < -0.3 is 0 Å². The van der Waals surface area contributed by atoms with E-state index in [9.17, 15) is 19.7 Å². The standard InChI is InChI=1S/C11H15NO4/c13-9-5-8-11(12(15)16)7-4-2-1-3-6-10(11)14/h5,8-9H,1-4,6-7H2/b8-5-/t11-/m1/s1. The summed E-state index contributed by atoms with van der Waals surface area (Å²) in [4.78, 5) is 32.6. The molecule has 1 fully saturated rings. The van der Waals surface area contributed by atoms with Gasteiger partial charge in [0, 0.05) is 23.8 Å². The molecule has 1 saturated carbocycles. The van der Waals surface area contributed by atoms with Gasteiger partial charge in [-0.2, -0.15) is 0 Å². The molecule has 0 bridgehead atoms. The molecule has 0 spiro atoms. The Kier molecular flexibility index (Phi) is 4.34. The molecule has 0 aromatic carbocycles. The van der Waals surface area contributed by atoms with Crippen molar-refractivity contribution in [3.8, 4) is 0 Å². The lowest BCUT2D eigenvalue weighted by Crippen LogP contribution is -2.45. The van der Waals surface area contributed by atoms with Crippen molar-refractivity contribution in [3.05, 3.63) is 22.3 Å². The van der Waals surface area contributed by atoms with Crippen LogP contribution in [0.2, 0.25) is 0 Å². The first-order valence-corrected chi connectivity index (χ1v) is 5.44. The van der Waals surface area contributed by atoms with E-state index < -0.39 is 10.5 Å². The van der Waals surface area contributed by atoms with Crippen LogP contribution in [-0.2, 0) is 9.59 Å². The van der Waals surface area contributed by atoms with Crippen LogP contribution in [0.4, 0.5) is 0 Å². The first kappa shape index (κ1) is 12.5. The van der Waals surface area contributed by atoms with Crippen molar-refractivity contribution in [2.75, 3.05) is 0 Å². The minimum absolute atomic E-state index is 0.198. The van der Waals surface area contributed by atoms with Gasteiger partial charge in [0.25, 0.3) is 5.54 Å². The summed E-state index contributed by atoms with van der Waals surface area (Å²) >= 11 is 0. The number of carbonyl (C=O) groups excluding carboxylic acids is 2. The van der Waals surface area contributed by atoms with Gasteiger partial charge in [0.2, 0.25) is 5.78 Å². The number of hydrogen-bond donors (Lipinski definition) is 0. The van der Waals surface area contributed by atoms with Crippen LogP contribution in [0, 0.1) is 10.1 Å². The fourth-order valence-corrected chi connectivity index (χ4v) is 2.02. The molecule has 16 heavy (non-hydrogen) atoms. The van der Waals surface area contributed by atoms with E-state index in [1.54, 1.807) is 0 Å². The van der Waals surface area contributed by atoms with Crippen molar-refractivity contribution in [2.45, 2.75) is 44.1 Å². The van der Waals surface area contributed by atoms with Gasteiger partial charge in [-0.25, -0.2) is 0 Å². The Morgan fingerprint density at radius 2 is 1.94 bits per heavy atom. The van der Waals surface area contributed by atoms with Crippen LogP contribution >= 0.6 is 0 Å². The molecule has 1 atom stereocenters. The molecule has 0 aromatic heterocycles. The molecule has 0 amide bonds. The third kappa shape index (κ3) is 2.53. The molecule has 1 rings (SSSR count). The molecule has 88 valence electrons. The smallest absolute Gasteiger partial charge is 0.297 e. The monoisotopic (exact) mass is 225 g/mol. The summed E-state index contributed by atoms with van der Waals surface area (Å²) in [6.45, 7) is 0. The zero-order valence-corrected chi connectivity index (χ0v) is 9.05. The summed E-state index contributed by atoms with van der Waals surface area (Å²) in [5.41, 5.74) is -1.67. The molecule has 1 aliphatic carbocycles. The van der Waals surface area contributed by atoms with Gasteiger partial charge in [-0.05, 0) is 18.9 Å². The molecule has 1 aliphatic rings.